The topological polar surface area (TPSA) is 105 Å². The van der Waals surface area contributed by atoms with Gasteiger partial charge < -0.3 is 10.1 Å². The van der Waals surface area contributed by atoms with Crippen LogP contribution in [0.3, 0.4) is 0 Å². The van der Waals surface area contributed by atoms with Gasteiger partial charge in [0.25, 0.3) is 11.6 Å². The van der Waals surface area contributed by atoms with E-state index in [4.69, 9.17) is 10.00 Å². The third-order valence-electron chi connectivity index (χ3n) is 2.99. The predicted molar refractivity (Wildman–Crippen MR) is 89.9 cm³/mol. The molecule has 0 aromatic heterocycles. The van der Waals surface area contributed by atoms with Gasteiger partial charge in [0.2, 0.25) is 0 Å². The van der Waals surface area contributed by atoms with Gasteiger partial charge in [0.05, 0.1) is 10.5 Å². The number of carbonyl (C=O) groups is 1. The summed E-state index contributed by atoms with van der Waals surface area (Å²) in [4.78, 5) is 22.3. The molecule has 0 aliphatic heterocycles. The van der Waals surface area contributed by atoms with Crippen LogP contribution in [0.15, 0.2) is 42.0 Å². The maximum atomic E-state index is 11.8. The number of nitrogens with one attached hydrogen (secondary N) is 1. The molecule has 0 saturated carbocycles. The molecule has 0 spiro atoms. The second kappa shape index (κ2) is 10.7. The largest absolute Gasteiger partial charge is 0.382 e. The van der Waals surface area contributed by atoms with Crippen LogP contribution in [0.4, 0.5) is 5.69 Å². The van der Waals surface area contributed by atoms with E-state index in [-0.39, 0.29) is 11.3 Å². The van der Waals surface area contributed by atoms with E-state index in [0.29, 0.717) is 31.7 Å². The van der Waals surface area contributed by atoms with Gasteiger partial charge in [0.1, 0.15) is 11.6 Å². The minimum atomic E-state index is -0.486. The number of allylic oxidation sites excluding steroid dienone is 2. The summed E-state index contributed by atoms with van der Waals surface area (Å²) in [5, 5.41) is 22.6. The zero-order valence-corrected chi connectivity index (χ0v) is 13.4. The molecule has 0 atom stereocenters. The monoisotopic (exact) mass is 329 g/mol. The lowest BCUT2D eigenvalue weighted by molar-refractivity contribution is -0.385. The molecule has 7 nitrogen and oxygen atoms in total. The van der Waals surface area contributed by atoms with Gasteiger partial charge in [0.15, 0.2) is 0 Å². The SMILES string of the molecule is CCOCCCNC(=O)/C(C#N)=C/C=C/c1ccccc1[N+](=O)[O-]. The third-order valence-corrected chi connectivity index (χ3v) is 2.99. The van der Waals surface area contributed by atoms with E-state index in [1.807, 2.05) is 13.0 Å². The average molecular weight is 329 g/mol. The first-order chi connectivity index (χ1) is 11.6. The van der Waals surface area contributed by atoms with Crippen molar-refractivity contribution in [3.63, 3.8) is 0 Å². The highest BCUT2D eigenvalue weighted by molar-refractivity contribution is 5.97. The Balaban J connectivity index is 2.67. The van der Waals surface area contributed by atoms with Crippen LogP contribution in [0.1, 0.15) is 18.9 Å². The Morgan fingerprint density at radius 3 is 2.88 bits per heavy atom. The summed E-state index contributed by atoms with van der Waals surface area (Å²) in [6.45, 7) is 3.46. The lowest BCUT2D eigenvalue weighted by Gasteiger charge is -2.03. The van der Waals surface area contributed by atoms with Crippen LogP contribution in [0.2, 0.25) is 0 Å². The highest BCUT2D eigenvalue weighted by atomic mass is 16.6. The number of para-hydroxylation sites is 1. The first kappa shape index (κ1) is 19.1. The van der Waals surface area contributed by atoms with E-state index in [9.17, 15) is 14.9 Å². The minimum Gasteiger partial charge on any atom is -0.382 e. The van der Waals surface area contributed by atoms with Crippen LogP contribution in [0.5, 0.6) is 0 Å². The Morgan fingerprint density at radius 2 is 2.21 bits per heavy atom. The fraction of sp³-hybridized carbons (Fsp3) is 0.294. The summed E-state index contributed by atoms with van der Waals surface area (Å²) in [6.07, 6.45) is 4.91. The van der Waals surface area contributed by atoms with Crippen LogP contribution in [-0.2, 0) is 9.53 Å². The lowest BCUT2D eigenvalue weighted by Crippen LogP contribution is -2.26. The van der Waals surface area contributed by atoms with E-state index >= 15 is 0 Å². The second-order valence-corrected chi connectivity index (χ2v) is 4.67. The molecule has 24 heavy (non-hydrogen) atoms. The summed E-state index contributed by atoms with van der Waals surface area (Å²) >= 11 is 0. The number of amides is 1. The number of nitriles is 1. The minimum absolute atomic E-state index is 0.0407. The highest BCUT2D eigenvalue weighted by Crippen LogP contribution is 2.18. The summed E-state index contributed by atoms with van der Waals surface area (Å²) in [5.74, 6) is -0.485. The molecular weight excluding hydrogens is 310 g/mol. The molecule has 0 saturated heterocycles. The van der Waals surface area contributed by atoms with Crippen molar-refractivity contribution < 1.29 is 14.5 Å². The summed E-state index contributed by atoms with van der Waals surface area (Å²) in [7, 11) is 0. The summed E-state index contributed by atoms with van der Waals surface area (Å²) in [5.41, 5.74) is 0.287. The van der Waals surface area contributed by atoms with Gasteiger partial charge >= 0.3 is 0 Å². The van der Waals surface area contributed by atoms with E-state index in [1.165, 1.54) is 24.3 Å². The van der Waals surface area contributed by atoms with Gasteiger partial charge in [-0.25, -0.2) is 0 Å². The number of hydrogen-bond donors (Lipinski definition) is 1. The third kappa shape index (κ3) is 6.42. The molecule has 0 heterocycles. The van der Waals surface area contributed by atoms with Gasteiger partial charge in [-0.15, -0.1) is 0 Å². The van der Waals surface area contributed by atoms with Crippen molar-refractivity contribution in [1.82, 2.24) is 5.32 Å². The van der Waals surface area contributed by atoms with Crippen molar-refractivity contribution >= 4 is 17.7 Å². The average Bonchev–Trinajstić information content (AvgIpc) is 2.58. The van der Waals surface area contributed by atoms with Gasteiger partial charge in [-0.05, 0) is 31.6 Å². The maximum absolute atomic E-state index is 11.8. The molecule has 126 valence electrons. The number of rotatable bonds is 9. The summed E-state index contributed by atoms with van der Waals surface area (Å²) in [6, 6.07) is 8.03. The Kier molecular flexibility index (Phi) is 8.50. The molecule has 1 amide bonds. The van der Waals surface area contributed by atoms with Crippen molar-refractivity contribution in [1.29, 1.82) is 5.26 Å². The fourth-order valence-electron chi connectivity index (χ4n) is 1.82. The lowest BCUT2D eigenvalue weighted by atomic mass is 10.1. The van der Waals surface area contributed by atoms with Gasteiger partial charge in [0, 0.05) is 25.8 Å². The van der Waals surface area contributed by atoms with Crippen molar-refractivity contribution in [2.24, 2.45) is 0 Å². The predicted octanol–water partition coefficient (Wildman–Crippen LogP) is 2.60. The molecule has 0 aliphatic carbocycles. The standard InChI is InChI=1S/C17H19N3O4/c1-2-24-12-6-11-19-17(21)15(13-18)9-5-8-14-7-3-4-10-16(14)20(22)23/h3-5,7-10H,2,6,11-12H2,1H3,(H,19,21)/b8-5+,15-9+. The second-order valence-electron chi connectivity index (χ2n) is 4.67. The molecule has 1 aromatic carbocycles. The first-order valence-electron chi connectivity index (χ1n) is 7.48. The Morgan fingerprint density at radius 1 is 1.46 bits per heavy atom. The smallest absolute Gasteiger partial charge is 0.276 e. The van der Waals surface area contributed by atoms with Gasteiger partial charge in [-0.2, -0.15) is 5.26 Å². The number of nitrogens with zero attached hydrogens (tertiary/aromatic N) is 2. The molecular formula is C17H19N3O4. The van der Waals surface area contributed by atoms with Crippen molar-refractivity contribution in [2.45, 2.75) is 13.3 Å². The van der Waals surface area contributed by atoms with Crippen molar-refractivity contribution in [3.8, 4) is 6.07 Å². The molecule has 7 heteroatoms. The quantitative estimate of drug-likeness (QED) is 0.187. The van der Waals surface area contributed by atoms with Crippen molar-refractivity contribution in [3.05, 3.63) is 57.7 Å². The van der Waals surface area contributed by atoms with E-state index < -0.39 is 10.8 Å². The zero-order chi connectivity index (χ0) is 17.8. The molecule has 0 fully saturated rings. The molecule has 0 unspecified atom stereocenters. The Bertz CT molecular complexity index is 675. The maximum Gasteiger partial charge on any atom is 0.276 e. The number of benzene rings is 1. The van der Waals surface area contributed by atoms with E-state index in [1.54, 1.807) is 18.2 Å². The van der Waals surface area contributed by atoms with Crippen molar-refractivity contribution in [2.75, 3.05) is 19.8 Å². The molecule has 0 aliphatic rings. The van der Waals surface area contributed by atoms with Crippen LogP contribution < -0.4 is 5.32 Å². The molecule has 1 aromatic rings. The highest BCUT2D eigenvalue weighted by Gasteiger charge is 2.09. The van der Waals surface area contributed by atoms with E-state index in [0.717, 1.165) is 0 Å². The molecule has 1 rings (SSSR count). The number of nitro groups is 1. The fourth-order valence-corrected chi connectivity index (χ4v) is 1.82. The summed E-state index contributed by atoms with van der Waals surface area (Å²) < 4.78 is 5.15. The number of nitro benzene ring substituents is 1. The number of hydrogen-bond acceptors (Lipinski definition) is 5. The molecule has 1 N–H and O–H groups in total. The molecule has 0 radical (unpaired) electrons. The number of carbonyl (C=O) groups excluding carboxylic acids is 1. The Labute approximate surface area is 140 Å². The molecule has 0 bridgehead atoms. The normalized spacial score (nSPS) is 11.2. The van der Waals surface area contributed by atoms with Crippen LogP contribution >= 0.6 is 0 Å². The van der Waals surface area contributed by atoms with Gasteiger partial charge in [-0.1, -0.05) is 18.2 Å². The van der Waals surface area contributed by atoms with Crippen LogP contribution in [0.25, 0.3) is 6.08 Å². The van der Waals surface area contributed by atoms with Gasteiger partial charge in [-0.3, -0.25) is 14.9 Å². The first-order valence-corrected chi connectivity index (χ1v) is 7.48. The zero-order valence-electron chi connectivity index (χ0n) is 13.4. The number of ether oxygens (including phenoxy) is 1. The van der Waals surface area contributed by atoms with E-state index in [2.05, 4.69) is 5.32 Å². The Hall–Kier alpha value is -2.98. The van der Waals surface area contributed by atoms with Crippen LogP contribution in [0, 0.1) is 21.4 Å². The van der Waals surface area contributed by atoms with Crippen LogP contribution in [-0.4, -0.2) is 30.6 Å².